The molecule has 2 aromatic rings. The standard InChI is InChI=1S/C16H16ClNOS/c17-14-7-12-5-6-19-16(12)13(8-14)10-20-15-3-1-11(9-18)2-4-15/h1-4,7-8H,5-6,9-10,18H2. The van der Waals surface area contributed by atoms with Crippen LogP contribution in [0.1, 0.15) is 16.7 Å². The summed E-state index contributed by atoms with van der Waals surface area (Å²) < 4.78 is 5.72. The number of ether oxygens (including phenoxy) is 1. The average molecular weight is 306 g/mol. The summed E-state index contributed by atoms with van der Waals surface area (Å²) in [7, 11) is 0. The smallest absolute Gasteiger partial charge is 0.126 e. The van der Waals surface area contributed by atoms with E-state index in [9.17, 15) is 0 Å². The van der Waals surface area contributed by atoms with Crippen LogP contribution in [0.4, 0.5) is 0 Å². The fourth-order valence-electron chi connectivity index (χ4n) is 2.34. The molecule has 1 aliphatic heterocycles. The quantitative estimate of drug-likeness (QED) is 0.866. The second kappa shape index (κ2) is 6.08. The molecule has 20 heavy (non-hydrogen) atoms. The van der Waals surface area contributed by atoms with Gasteiger partial charge in [0.05, 0.1) is 6.61 Å². The Morgan fingerprint density at radius 2 is 2.00 bits per heavy atom. The van der Waals surface area contributed by atoms with Gasteiger partial charge in [-0.3, -0.25) is 0 Å². The highest BCUT2D eigenvalue weighted by atomic mass is 35.5. The average Bonchev–Trinajstić information content (AvgIpc) is 2.93. The van der Waals surface area contributed by atoms with Gasteiger partial charge >= 0.3 is 0 Å². The van der Waals surface area contributed by atoms with Gasteiger partial charge in [-0.1, -0.05) is 23.7 Å². The number of hydrogen-bond acceptors (Lipinski definition) is 3. The van der Waals surface area contributed by atoms with E-state index < -0.39 is 0 Å². The monoisotopic (exact) mass is 305 g/mol. The van der Waals surface area contributed by atoms with Crippen molar-refractivity contribution in [2.75, 3.05) is 6.61 Å². The van der Waals surface area contributed by atoms with Gasteiger partial charge in [-0.15, -0.1) is 11.8 Å². The molecule has 0 unspecified atom stereocenters. The van der Waals surface area contributed by atoms with E-state index in [-0.39, 0.29) is 0 Å². The van der Waals surface area contributed by atoms with E-state index >= 15 is 0 Å². The third-order valence-corrected chi connectivity index (χ3v) is 4.66. The molecule has 0 saturated heterocycles. The summed E-state index contributed by atoms with van der Waals surface area (Å²) in [6, 6.07) is 12.4. The van der Waals surface area contributed by atoms with Crippen molar-refractivity contribution in [2.24, 2.45) is 5.73 Å². The number of fused-ring (bicyclic) bond motifs is 1. The molecule has 3 rings (SSSR count). The molecule has 2 N–H and O–H groups in total. The summed E-state index contributed by atoms with van der Waals surface area (Å²) in [5.74, 6) is 1.89. The van der Waals surface area contributed by atoms with Crippen LogP contribution < -0.4 is 10.5 Å². The number of halogens is 1. The molecule has 1 aliphatic rings. The van der Waals surface area contributed by atoms with Crippen LogP contribution in [0.15, 0.2) is 41.3 Å². The first kappa shape index (κ1) is 13.8. The zero-order chi connectivity index (χ0) is 13.9. The van der Waals surface area contributed by atoms with Crippen LogP contribution in [0.3, 0.4) is 0 Å². The lowest BCUT2D eigenvalue weighted by Crippen LogP contribution is -1.95. The molecule has 0 spiro atoms. The highest BCUT2D eigenvalue weighted by Crippen LogP contribution is 2.36. The van der Waals surface area contributed by atoms with Crippen LogP contribution in [0.5, 0.6) is 5.75 Å². The number of rotatable bonds is 4. The van der Waals surface area contributed by atoms with Crippen LogP contribution in [0.2, 0.25) is 5.02 Å². The minimum atomic E-state index is 0.584. The number of nitrogens with two attached hydrogens (primary N) is 1. The predicted octanol–water partition coefficient (Wildman–Crippen LogP) is 4.03. The first-order valence-corrected chi connectivity index (χ1v) is 7.98. The zero-order valence-corrected chi connectivity index (χ0v) is 12.6. The molecule has 0 atom stereocenters. The first-order chi connectivity index (χ1) is 9.76. The minimum Gasteiger partial charge on any atom is -0.493 e. The summed E-state index contributed by atoms with van der Waals surface area (Å²) in [6.45, 7) is 1.35. The summed E-state index contributed by atoms with van der Waals surface area (Å²) in [6.07, 6.45) is 0.957. The van der Waals surface area contributed by atoms with Crippen molar-refractivity contribution < 1.29 is 4.74 Å². The molecule has 0 aromatic heterocycles. The molecular weight excluding hydrogens is 290 g/mol. The SMILES string of the molecule is NCc1ccc(SCc2cc(Cl)cc3c2OCC3)cc1. The highest BCUT2D eigenvalue weighted by molar-refractivity contribution is 7.98. The van der Waals surface area contributed by atoms with Gasteiger partial charge in [-0.2, -0.15) is 0 Å². The number of thioether (sulfide) groups is 1. The molecule has 4 heteroatoms. The van der Waals surface area contributed by atoms with Crippen LogP contribution in [0.25, 0.3) is 0 Å². The van der Waals surface area contributed by atoms with Crippen molar-refractivity contribution in [3.63, 3.8) is 0 Å². The van der Waals surface area contributed by atoms with Gasteiger partial charge in [0.15, 0.2) is 0 Å². The first-order valence-electron chi connectivity index (χ1n) is 6.62. The molecule has 104 valence electrons. The minimum absolute atomic E-state index is 0.584. The third kappa shape index (κ3) is 2.95. The second-order valence-electron chi connectivity index (χ2n) is 4.79. The van der Waals surface area contributed by atoms with E-state index in [0.717, 1.165) is 35.1 Å². The maximum absolute atomic E-state index is 6.17. The lowest BCUT2D eigenvalue weighted by molar-refractivity contribution is 0.354. The van der Waals surface area contributed by atoms with E-state index in [0.29, 0.717) is 6.54 Å². The lowest BCUT2D eigenvalue weighted by Gasteiger charge is -2.09. The van der Waals surface area contributed by atoms with E-state index in [4.69, 9.17) is 22.1 Å². The molecule has 0 saturated carbocycles. The summed E-state index contributed by atoms with van der Waals surface area (Å²) in [5.41, 5.74) is 9.17. The normalized spacial score (nSPS) is 13.1. The van der Waals surface area contributed by atoms with Gasteiger partial charge in [0.1, 0.15) is 5.75 Å². The maximum atomic E-state index is 6.17. The molecule has 1 heterocycles. The molecule has 0 amide bonds. The van der Waals surface area contributed by atoms with Crippen LogP contribution >= 0.6 is 23.4 Å². The number of benzene rings is 2. The third-order valence-electron chi connectivity index (χ3n) is 3.38. The molecule has 0 radical (unpaired) electrons. The Hall–Kier alpha value is -1.16. The van der Waals surface area contributed by atoms with Crippen molar-refractivity contribution in [1.82, 2.24) is 0 Å². The topological polar surface area (TPSA) is 35.2 Å². The second-order valence-corrected chi connectivity index (χ2v) is 6.27. The highest BCUT2D eigenvalue weighted by Gasteiger charge is 2.17. The van der Waals surface area contributed by atoms with Crippen molar-refractivity contribution in [1.29, 1.82) is 0 Å². The van der Waals surface area contributed by atoms with E-state index in [1.54, 1.807) is 11.8 Å². The van der Waals surface area contributed by atoms with Crippen LogP contribution in [-0.4, -0.2) is 6.61 Å². The summed E-state index contributed by atoms with van der Waals surface area (Å²) in [5, 5.41) is 0.795. The van der Waals surface area contributed by atoms with Crippen LogP contribution in [0, 0.1) is 0 Å². The van der Waals surface area contributed by atoms with Crippen molar-refractivity contribution in [3.8, 4) is 5.75 Å². The van der Waals surface area contributed by atoms with Crippen molar-refractivity contribution in [3.05, 3.63) is 58.1 Å². The Labute approximate surface area is 128 Å². The molecule has 2 aromatic carbocycles. The van der Waals surface area contributed by atoms with Gasteiger partial charge in [-0.05, 0) is 35.4 Å². The Bertz CT molecular complexity index is 613. The lowest BCUT2D eigenvalue weighted by atomic mass is 10.1. The van der Waals surface area contributed by atoms with Gasteiger partial charge in [-0.25, -0.2) is 0 Å². The molecule has 0 aliphatic carbocycles. The van der Waals surface area contributed by atoms with Gasteiger partial charge in [0.2, 0.25) is 0 Å². The van der Waals surface area contributed by atoms with E-state index in [1.165, 1.54) is 16.0 Å². The Morgan fingerprint density at radius 3 is 2.75 bits per heavy atom. The Balaban J connectivity index is 1.75. The fraction of sp³-hybridized carbons (Fsp3) is 0.250. The Kier molecular flexibility index (Phi) is 4.20. The van der Waals surface area contributed by atoms with E-state index in [1.807, 2.05) is 12.1 Å². The zero-order valence-electron chi connectivity index (χ0n) is 11.1. The van der Waals surface area contributed by atoms with Gasteiger partial charge < -0.3 is 10.5 Å². The molecule has 0 fully saturated rings. The number of hydrogen-bond donors (Lipinski definition) is 1. The van der Waals surface area contributed by atoms with Crippen LogP contribution in [-0.2, 0) is 18.7 Å². The fourth-order valence-corrected chi connectivity index (χ4v) is 3.46. The molecule has 2 nitrogen and oxygen atoms in total. The Morgan fingerprint density at radius 1 is 1.20 bits per heavy atom. The van der Waals surface area contributed by atoms with Crippen molar-refractivity contribution in [2.45, 2.75) is 23.6 Å². The maximum Gasteiger partial charge on any atom is 0.126 e. The molecular formula is C16H16ClNOS. The van der Waals surface area contributed by atoms with Gasteiger partial charge in [0, 0.05) is 34.2 Å². The molecule has 0 bridgehead atoms. The van der Waals surface area contributed by atoms with E-state index in [2.05, 4.69) is 24.3 Å². The largest absolute Gasteiger partial charge is 0.493 e. The van der Waals surface area contributed by atoms with Crippen molar-refractivity contribution >= 4 is 23.4 Å². The predicted molar refractivity (Wildman–Crippen MR) is 84.5 cm³/mol. The summed E-state index contributed by atoms with van der Waals surface area (Å²) in [4.78, 5) is 1.23. The van der Waals surface area contributed by atoms with Gasteiger partial charge in [0.25, 0.3) is 0 Å². The summed E-state index contributed by atoms with van der Waals surface area (Å²) >= 11 is 7.96.